The van der Waals surface area contributed by atoms with Crippen LogP contribution in [0.2, 0.25) is 0 Å². The molecule has 2 aromatic heterocycles. The molecule has 1 fully saturated rings. The Morgan fingerprint density at radius 2 is 2.07 bits per heavy atom. The summed E-state index contributed by atoms with van der Waals surface area (Å²) in [6, 6.07) is 7.92. The van der Waals surface area contributed by atoms with Gasteiger partial charge >= 0.3 is 0 Å². The summed E-state index contributed by atoms with van der Waals surface area (Å²) in [5, 5.41) is 22.1. The fraction of sp³-hybridized carbons (Fsp3) is 0.400. The van der Waals surface area contributed by atoms with Gasteiger partial charge in [0.05, 0.1) is 12.8 Å². The molecular formula is C20H24N6O2. The highest BCUT2D eigenvalue weighted by atomic mass is 16.3. The van der Waals surface area contributed by atoms with Crippen LogP contribution in [0.3, 0.4) is 0 Å². The Balaban J connectivity index is 1.47. The van der Waals surface area contributed by atoms with Crippen molar-refractivity contribution in [3.8, 4) is 11.3 Å². The van der Waals surface area contributed by atoms with Crippen LogP contribution in [0.5, 0.6) is 0 Å². The largest absolute Gasteiger partial charge is 0.395 e. The van der Waals surface area contributed by atoms with Crippen molar-refractivity contribution in [1.82, 2.24) is 24.9 Å². The van der Waals surface area contributed by atoms with Crippen molar-refractivity contribution in [1.29, 1.82) is 0 Å². The molecule has 0 unspecified atom stereocenters. The minimum absolute atomic E-state index is 0.0144. The van der Waals surface area contributed by atoms with Crippen molar-refractivity contribution in [2.75, 3.05) is 31.6 Å². The Morgan fingerprint density at radius 3 is 2.79 bits per heavy atom. The van der Waals surface area contributed by atoms with Crippen LogP contribution in [0.15, 0.2) is 36.7 Å². The third-order valence-electron chi connectivity index (χ3n) is 5.25. The third kappa shape index (κ3) is 4.02. The van der Waals surface area contributed by atoms with Crippen LogP contribution in [-0.2, 0) is 11.8 Å². The molecule has 0 atom stereocenters. The van der Waals surface area contributed by atoms with Crippen molar-refractivity contribution in [2.24, 2.45) is 13.0 Å². The first-order chi connectivity index (χ1) is 13.6. The third-order valence-corrected chi connectivity index (χ3v) is 5.25. The molecule has 0 spiro atoms. The molecule has 4 rings (SSSR count). The van der Waals surface area contributed by atoms with Crippen LogP contribution in [0.1, 0.15) is 12.8 Å². The molecule has 146 valence electrons. The van der Waals surface area contributed by atoms with Gasteiger partial charge in [-0.1, -0.05) is 17.3 Å². The normalized spacial score (nSPS) is 15.8. The van der Waals surface area contributed by atoms with Gasteiger partial charge in [0, 0.05) is 36.7 Å². The van der Waals surface area contributed by atoms with Crippen molar-refractivity contribution in [2.45, 2.75) is 12.8 Å². The lowest BCUT2D eigenvalue weighted by atomic mass is 9.96. The molecule has 8 nitrogen and oxygen atoms in total. The number of aliphatic hydroxyl groups excluding tert-OH is 1. The van der Waals surface area contributed by atoms with E-state index in [9.17, 15) is 4.79 Å². The minimum atomic E-state index is -0.0154. The molecule has 3 aromatic rings. The highest BCUT2D eigenvalue weighted by molar-refractivity contribution is 5.95. The zero-order valence-corrected chi connectivity index (χ0v) is 15.9. The Kier molecular flexibility index (Phi) is 5.31. The molecule has 0 bridgehead atoms. The molecule has 2 N–H and O–H groups in total. The number of hydrogen-bond donors (Lipinski definition) is 2. The van der Waals surface area contributed by atoms with Gasteiger partial charge in [0.15, 0.2) is 0 Å². The second kappa shape index (κ2) is 8.04. The number of fused-ring (bicyclic) bond motifs is 1. The number of carbonyl (C=O) groups is 1. The van der Waals surface area contributed by atoms with Gasteiger partial charge in [0.1, 0.15) is 11.5 Å². The standard InChI is InChI=1S/C20H24N6O2/c1-25-13-18(23-24-25)15-2-3-16-12-21-19(11-17(16)10-15)22-20(28)14-4-6-26(7-5-14)8-9-27/h2-3,10-14,27H,4-9H2,1H3,(H,21,22,28). The smallest absolute Gasteiger partial charge is 0.228 e. The minimum Gasteiger partial charge on any atom is -0.395 e. The topological polar surface area (TPSA) is 96.2 Å². The molecule has 0 radical (unpaired) electrons. The summed E-state index contributed by atoms with van der Waals surface area (Å²) < 4.78 is 1.67. The Morgan fingerprint density at radius 1 is 1.25 bits per heavy atom. The lowest BCUT2D eigenvalue weighted by molar-refractivity contribution is -0.121. The fourth-order valence-electron chi connectivity index (χ4n) is 3.64. The molecule has 28 heavy (non-hydrogen) atoms. The van der Waals surface area contributed by atoms with Gasteiger partial charge < -0.3 is 15.3 Å². The van der Waals surface area contributed by atoms with E-state index in [-0.39, 0.29) is 18.4 Å². The molecule has 3 heterocycles. The van der Waals surface area contributed by atoms with Gasteiger partial charge in [-0.2, -0.15) is 0 Å². The van der Waals surface area contributed by atoms with E-state index in [2.05, 4.69) is 25.5 Å². The number of β-amino-alcohol motifs (C(OH)–C–C–N with tert-alkyl or cyclic N) is 1. The van der Waals surface area contributed by atoms with Crippen LogP contribution in [0.25, 0.3) is 22.0 Å². The van der Waals surface area contributed by atoms with Crippen LogP contribution < -0.4 is 5.32 Å². The number of benzene rings is 1. The number of rotatable bonds is 5. The summed E-state index contributed by atoms with van der Waals surface area (Å²) >= 11 is 0. The summed E-state index contributed by atoms with van der Waals surface area (Å²) in [4.78, 5) is 19.2. The SMILES string of the molecule is Cn1cc(-c2ccc3cnc(NC(=O)C4CCN(CCO)CC4)cc3c2)nn1. The van der Waals surface area contributed by atoms with Crippen LogP contribution >= 0.6 is 0 Å². The summed E-state index contributed by atoms with van der Waals surface area (Å²) in [6.07, 6.45) is 5.25. The Hall–Kier alpha value is -2.84. The molecule has 1 amide bonds. The van der Waals surface area contributed by atoms with E-state index in [0.717, 1.165) is 48.0 Å². The van der Waals surface area contributed by atoms with Crippen molar-refractivity contribution in [3.05, 3.63) is 36.7 Å². The number of likely N-dealkylation sites (tertiary alicyclic amines) is 1. The number of aliphatic hydroxyl groups is 1. The lowest BCUT2D eigenvalue weighted by Gasteiger charge is -2.30. The molecule has 1 aromatic carbocycles. The van der Waals surface area contributed by atoms with Crippen LogP contribution in [0, 0.1) is 5.92 Å². The van der Waals surface area contributed by atoms with Gasteiger partial charge in [0.2, 0.25) is 5.91 Å². The van der Waals surface area contributed by atoms with Crippen LogP contribution in [-0.4, -0.2) is 62.1 Å². The van der Waals surface area contributed by atoms with Gasteiger partial charge in [-0.3, -0.25) is 9.48 Å². The summed E-state index contributed by atoms with van der Waals surface area (Å²) in [5.74, 6) is 0.561. The van der Waals surface area contributed by atoms with Crippen LogP contribution in [0.4, 0.5) is 5.82 Å². The highest BCUT2D eigenvalue weighted by Crippen LogP contribution is 2.25. The van der Waals surface area contributed by atoms with E-state index in [1.165, 1.54) is 0 Å². The van der Waals surface area contributed by atoms with Crippen molar-refractivity contribution in [3.63, 3.8) is 0 Å². The van der Waals surface area contributed by atoms with Crippen molar-refractivity contribution < 1.29 is 9.90 Å². The van der Waals surface area contributed by atoms with Gasteiger partial charge in [-0.25, -0.2) is 4.98 Å². The maximum absolute atomic E-state index is 12.6. The zero-order chi connectivity index (χ0) is 19.5. The number of amides is 1. The average molecular weight is 380 g/mol. The first-order valence-corrected chi connectivity index (χ1v) is 9.53. The molecule has 0 saturated carbocycles. The monoisotopic (exact) mass is 380 g/mol. The average Bonchev–Trinajstić information content (AvgIpc) is 3.14. The number of anilines is 1. The predicted molar refractivity (Wildman–Crippen MR) is 107 cm³/mol. The molecule has 1 aliphatic rings. The summed E-state index contributed by atoms with van der Waals surface area (Å²) in [7, 11) is 1.84. The number of aryl methyl sites for hydroxylation is 1. The number of piperidine rings is 1. The number of nitrogens with zero attached hydrogens (tertiary/aromatic N) is 5. The molecule has 1 aliphatic heterocycles. The van der Waals surface area contributed by atoms with E-state index in [4.69, 9.17) is 5.11 Å². The van der Waals surface area contributed by atoms with Gasteiger partial charge in [-0.15, -0.1) is 5.10 Å². The number of pyridine rings is 1. The molecule has 8 heteroatoms. The second-order valence-corrected chi connectivity index (χ2v) is 7.24. The number of hydrogen-bond acceptors (Lipinski definition) is 6. The summed E-state index contributed by atoms with van der Waals surface area (Å²) in [6.45, 7) is 2.51. The maximum atomic E-state index is 12.6. The Labute approximate surface area is 163 Å². The fourth-order valence-corrected chi connectivity index (χ4v) is 3.64. The van der Waals surface area contributed by atoms with Crippen molar-refractivity contribution >= 4 is 22.5 Å². The lowest BCUT2D eigenvalue weighted by Crippen LogP contribution is -2.39. The zero-order valence-electron chi connectivity index (χ0n) is 15.9. The Bertz CT molecular complexity index is 978. The highest BCUT2D eigenvalue weighted by Gasteiger charge is 2.25. The number of carbonyl (C=O) groups excluding carboxylic acids is 1. The van der Waals surface area contributed by atoms with Gasteiger partial charge in [-0.05, 0) is 43.5 Å². The quantitative estimate of drug-likeness (QED) is 0.699. The molecular weight excluding hydrogens is 356 g/mol. The van der Waals surface area contributed by atoms with Gasteiger partial charge in [0.25, 0.3) is 0 Å². The first-order valence-electron chi connectivity index (χ1n) is 9.53. The number of aromatic nitrogens is 4. The van der Waals surface area contributed by atoms with E-state index in [1.54, 1.807) is 10.9 Å². The van der Waals surface area contributed by atoms with E-state index in [1.807, 2.05) is 37.5 Å². The van der Waals surface area contributed by atoms with E-state index >= 15 is 0 Å². The first kappa shape index (κ1) is 18.5. The van der Waals surface area contributed by atoms with E-state index < -0.39 is 0 Å². The van der Waals surface area contributed by atoms with E-state index in [0.29, 0.717) is 12.4 Å². The molecule has 1 saturated heterocycles. The summed E-state index contributed by atoms with van der Waals surface area (Å²) in [5.41, 5.74) is 1.78. The molecule has 0 aliphatic carbocycles. The second-order valence-electron chi connectivity index (χ2n) is 7.24. The number of nitrogens with one attached hydrogen (secondary N) is 1. The maximum Gasteiger partial charge on any atom is 0.228 e. The predicted octanol–water partition coefficient (Wildman–Crippen LogP) is 1.67.